The monoisotopic (exact) mass is 368 g/mol. The number of ether oxygens (including phenoxy) is 1. The van der Waals surface area contributed by atoms with Crippen molar-refractivity contribution in [2.75, 3.05) is 13.8 Å². The van der Waals surface area contributed by atoms with E-state index in [2.05, 4.69) is 0 Å². The molecular formula is C17H24N2O5S. The van der Waals surface area contributed by atoms with Gasteiger partial charge in [-0.25, -0.2) is 0 Å². The summed E-state index contributed by atoms with van der Waals surface area (Å²) in [5, 5.41) is 0. The molecule has 8 heteroatoms. The highest BCUT2D eigenvalue weighted by atomic mass is 32.2. The highest BCUT2D eigenvalue weighted by molar-refractivity contribution is 7.87. The number of carbonyl (C=O) groups excluding carboxylic acids is 2. The molecule has 1 aliphatic rings. The van der Waals surface area contributed by atoms with Crippen molar-refractivity contribution in [3.8, 4) is 0 Å². The van der Waals surface area contributed by atoms with Gasteiger partial charge in [0.15, 0.2) is 6.73 Å². The number of nitrogens with zero attached hydrogens (tertiary/aromatic N) is 2. The molecule has 0 bridgehead atoms. The van der Waals surface area contributed by atoms with Crippen LogP contribution in [0.25, 0.3) is 0 Å². The highest BCUT2D eigenvalue weighted by Crippen LogP contribution is 2.26. The van der Waals surface area contributed by atoms with Crippen LogP contribution in [0.4, 0.5) is 0 Å². The Morgan fingerprint density at radius 2 is 1.88 bits per heavy atom. The van der Waals surface area contributed by atoms with Crippen molar-refractivity contribution in [3.63, 3.8) is 0 Å². The first-order chi connectivity index (χ1) is 11.7. The fourth-order valence-electron chi connectivity index (χ4n) is 2.67. The Morgan fingerprint density at radius 3 is 2.48 bits per heavy atom. The maximum Gasteiger partial charge on any atom is 0.309 e. The molecule has 0 N–H and O–H groups in total. The first kappa shape index (κ1) is 19.4. The smallest absolute Gasteiger partial charge is 0.309 e. The standard InChI is InChI=1S/C17H24N2O5S/c1-13(2)11-15-17(21)19(25(22,23)18(15)3)12-24-16(20)10-9-14-7-5-4-6-8-14/h4-8,13,15H,9-12H2,1-3H3/t15-/m0/s1. The molecule has 0 aliphatic carbocycles. The van der Waals surface area contributed by atoms with Gasteiger partial charge in [-0.3, -0.25) is 9.59 Å². The van der Waals surface area contributed by atoms with E-state index in [0.29, 0.717) is 17.1 Å². The topological polar surface area (TPSA) is 84.0 Å². The summed E-state index contributed by atoms with van der Waals surface area (Å²) in [5.41, 5.74) is 0.987. The second kappa shape index (κ2) is 7.97. The molecule has 0 unspecified atom stereocenters. The average molecular weight is 368 g/mol. The zero-order valence-electron chi connectivity index (χ0n) is 14.7. The molecule has 1 aromatic rings. The quantitative estimate of drug-likeness (QED) is 0.682. The van der Waals surface area contributed by atoms with Crippen LogP contribution in [0.15, 0.2) is 30.3 Å². The minimum Gasteiger partial charge on any atom is -0.443 e. The summed E-state index contributed by atoms with van der Waals surface area (Å²) >= 11 is 0. The van der Waals surface area contributed by atoms with E-state index in [1.54, 1.807) is 0 Å². The summed E-state index contributed by atoms with van der Waals surface area (Å²) in [5.74, 6) is -0.922. The second-order valence-electron chi connectivity index (χ2n) is 6.49. The van der Waals surface area contributed by atoms with E-state index in [1.807, 2.05) is 44.2 Å². The van der Waals surface area contributed by atoms with Crippen molar-refractivity contribution in [1.29, 1.82) is 0 Å². The molecule has 1 saturated heterocycles. The molecule has 1 fully saturated rings. The van der Waals surface area contributed by atoms with Crippen molar-refractivity contribution in [2.45, 2.75) is 39.2 Å². The largest absolute Gasteiger partial charge is 0.443 e. The number of hydrogen-bond acceptors (Lipinski definition) is 5. The van der Waals surface area contributed by atoms with Crippen LogP contribution in [0.1, 0.15) is 32.3 Å². The lowest BCUT2D eigenvalue weighted by molar-refractivity contribution is -0.148. The first-order valence-electron chi connectivity index (χ1n) is 8.22. The number of benzene rings is 1. The summed E-state index contributed by atoms with van der Waals surface area (Å²) in [6.45, 7) is 3.26. The normalized spacial score (nSPS) is 20.2. The third-order valence-electron chi connectivity index (χ3n) is 4.11. The van der Waals surface area contributed by atoms with Crippen LogP contribution < -0.4 is 0 Å². The molecule has 1 amide bonds. The van der Waals surface area contributed by atoms with E-state index in [0.717, 1.165) is 9.87 Å². The summed E-state index contributed by atoms with van der Waals surface area (Å²) in [4.78, 5) is 24.2. The molecule has 0 radical (unpaired) electrons. The van der Waals surface area contributed by atoms with Crippen molar-refractivity contribution in [1.82, 2.24) is 8.61 Å². The van der Waals surface area contributed by atoms with Gasteiger partial charge in [0.05, 0.1) is 0 Å². The predicted molar refractivity (Wildman–Crippen MR) is 92.5 cm³/mol. The molecule has 7 nitrogen and oxygen atoms in total. The Kier molecular flexibility index (Phi) is 6.18. The minimum atomic E-state index is -3.93. The SMILES string of the molecule is CC(C)C[C@H]1C(=O)N(COC(=O)CCc2ccccc2)S(=O)(=O)N1C. The molecule has 1 heterocycles. The second-order valence-corrected chi connectivity index (χ2v) is 8.40. The Bertz CT molecular complexity index is 718. The van der Waals surface area contributed by atoms with Crippen molar-refractivity contribution in [2.24, 2.45) is 5.92 Å². The average Bonchev–Trinajstić information content (AvgIpc) is 2.72. The third kappa shape index (κ3) is 4.58. The van der Waals surface area contributed by atoms with Crippen LogP contribution in [-0.2, 0) is 31.0 Å². The molecule has 0 aromatic heterocycles. The molecule has 1 aromatic carbocycles. The summed E-state index contributed by atoms with van der Waals surface area (Å²) in [6.07, 6.45) is 1.04. The lowest BCUT2D eigenvalue weighted by Gasteiger charge is -2.16. The van der Waals surface area contributed by atoms with Gasteiger partial charge in [-0.2, -0.15) is 17.0 Å². The van der Waals surface area contributed by atoms with Gasteiger partial charge in [-0.05, 0) is 24.3 Å². The number of rotatable bonds is 7. The van der Waals surface area contributed by atoms with Gasteiger partial charge >= 0.3 is 16.2 Å². The number of aryl methyl sites for hydroxylation is 1. The molecule has 25 heavy (non-hydrogen) atoms. The summed E-state index contributed by atoms with van der Waals surface area (Å²) < 4.78 is 31.4. The van der Waals surface area contributed by atoms with Crippen LogP contribution in [0.5, 0.6) is 0 Å². The van der Waals surface area contributed by atoms with Gasteiger partial charge in [0.1, 0.15) is 6.04 Å². The van der Waals surface area contributed by atoms with Crippen LogP contribution in [0, 0.1) is 5.92 Å². The zero-order chi connectivity index (χ0) is 18.6. The number of hydrogen-bond donors (Lipinski definition) is 0. The van der Waals surface area contributed by atoms with Crippen molar-refractivity contribution >= 4 is 22.1 Å². The van der Waals surface area contributed by atoms with Gasteiger partial charge in [0, 0.05) is 13.5 Å². The van der Waals surface area contributed by atoms with Crippen LogP contribution in [0.3, 0.4) is 0 Å². The number of esters is 1. The zero-order valence-corrected chi connectivity index (χ0v) is 15.5. The van der Waals surface area contributed by atoms with Gasteiger partial charge in [-0.1, -0.05) is 44.2 Å². The lowest BCUT2D eigenvalue weighted by atomic mass is 10.0. The lowest BCUT2D eigenvalue weighted by Crippen LogP contribution is -2.35. The Balaban J connectivity index is 1.92. The minimum absolute atomic E-state index is 0.122. The van der Waals surface area contributed by atoms with E-state index in [-0.39, 0.29) is 12.3 Å². The predicted octanol–water partition coefficient (Wildman–Crippen LogP) is 1.55. The fourth-order valence-corrected chi connectivity index (χ4v) is 4.02. The first-order valence-corrected chi connectivity index (χ1v) is 9.62. The molecule has 138 valence electrons. The fraction of sp³-hybridized carbons (Fsp3) is 0.529. The third-order valence-corrected chi connectivity index (χ3v) is 5.93. The van der Waals surface area contributed by atoms with Crippen LogP contribution in [-0.4, -0.2) is 48.7 Å². The van der Waals surface area contributed by atoms with Gasteiger partial charge < -0.3 is 4.74 Å². The number of carbonyl (C=O) groups is 2. The maximum atomic E-state index is 12.4. The molecule has 1 atom stereocenters. The van der Waals surface area contributed by atoms with Gasteiger partial charge in [0.2, 0.25) is 0 Å². The molecule has 2 rings (SSSR count). The molecule has 0 saturated carbocycles. The van der Waals surface area contributed by atoms with E-state index >= 15 is 0 Å². The Labute approximate surface area is 148 Å². The molecule has 0 spiro atoms. The summed E-state index contributed by atoms with van der Waals surface area (Å²) in [6, 6.07) is 8.69. The molecular weight excluding hydrogens is 344 g/mol. The van der Waals surface area contributed by atoms with Crippen molar-refractivity contribution < 1.29 is 22.7 Å². The van der Waals surface area contributed by atoms with E-state index in [1.165, 1.54) is 7.05 Å². The van der Waals surface area contributed by atoms with Gasteiger partial charge in [-0.15, -0.1) is 0 Å². The van der Waals surface area contributed by atoms with E-state index in [4.69, 9.17) is 4.74 Å². The van der Waals surface area contributed by atoms with Crippen LogP contribution in [0.2, 0.25) is 0 Å². The maximum absolute atomic E-state index is 12.4. The van der Waals surface area contributed by atoms with Crippen molar-refractivity contribution in [3.05, 3.63) is 35.9 Å². The highest BCUT2D eigenvalue weighted by Gasteiger charge is 2.48. The van der Waals surface area contributed by atoms with E-state index < -0.39 is 34.9 Å². The molecule has 1 aliphatic heterocycles. The van der Waals surface area contributed by atoms with E-state index in [9.17, 15) is 18.0 Å². The Hall–Kier alpha value is -1.93. The number of likely N-dealkylation sites (N-methyl/N-ethyl adjacent to an activating group) is 1. The van der Waals surface area contributed by atoms with Gasteiger partial charge in [0.25, 0.3) is 5.91 Å². The number of amides is 1. The van der Waals surface area contributed by atoms with Crippen LogP contribution >= 0.6 is 0 Å². The summed E-state index contributed by atoms with van der Waals surface area (Å²) in [7, 11) is -2.56. The Morgan fingerprint density at radius 1 is 1.24 bits per heavy atom.